The quantitative estimate of drug-likeness (QED) is 0.479. The number of carboxylic acid groups (broad SMARTS) is 1. The zero-order valence-electron chi connectivity index (χ0n) is 15.9. The van der Waals surface area contributed by atoms with Crippen molar-refractivity contribution in [3.63, 3.8) is 0 Å². The van der Waals surface area contributed by atoms with Crippen molar-refractivity contribution in [2.45, 2.75) is 38.7 Å². The van der Waals surface area contributed by atoms with Crippen molar-refractivity contribution in [2.24, 2.45) is 0 Å². The van der Waals surface area contributed by atoms with Crippen LogP contribution in [0.15, 0.2) is 11.3 Å². The van der Waals surface area contributed by atoms with E-state index in [4.69, 9.17) is 16.3 Å². The van der Waals surface area contributed by atoms with E-state index in [0.29, 0.717) is 22.0 Å². The van der Waals surface area contributed by atoms with E-state index in [9.17, 15) is 24.3 Å². The predicted molar refractivity (Wildman–Crippen MR) is 103 cm³/mol. The van der Waals surface area contributed by atoms with Gasteiger partial charge in [-0.05, 0) is 13.8 Å². The number of amides is 2. The molecule has 1 aromatic heterocycles. The normalized spacial score (nSPS) is 20.8. The Morgan fingerprint density at radius 2 is 2.07 bits per heavy atom. The van der Waals surface area contributed by atoms with Crippen LogP contribution in [0.2, 0.25) is 5.02 Å². The van der Waals surface area contributed by atoms with Crippen molar-refractivity contribution in [3.8, 4) is 0 Å². The number of rotatable bonds is 6. The topological polar surface area (TPSA) is 131 Å². The Labute approximate surface area is 175 Å². The lowest BCUT2D eigenvalue weighted by molar-refractivity contribution is -0.151. The van der Waals surface area contributed by atoms with Crippen molar-refractivity contribution in [3.05, 3.63) is 27.7 Å². The number of esters is 1. The fourth-order valence-electron chi connectivity index (χ4n) is 3.17. The summed E-state index contributed by atoms with van der Waals surface area (Å²) in [4.78, 5) is 48.8. The highest BCUT2D eigenvalue weighted by molar-refractivity contribution is 8.00. The van der Waals surface area contributed by atoms with Gasteiger partial charge >= 0.3 is 11.9 Å². The fourth-order valence-corrected chi connectivity index (χ4v) is 4.63. The number of carbonyl (C=O) groups excluding carboxylic acids is 3. The summed E-state index contributed by atoms with van der Waals surface area (Å²) in [6.07, 6.45) is 0. The smallest absolute Gasteiger partial charge is 0.352 e. The van der Waals surface area contributed by atoms with Crippen molar-refractivity contribution in [1.82, 2.24) is 20.0 Å². The number of carboxylic acids is 1. The van der Waals surface area contributed by atoms with Gasteiger partial charge in [-0.25, -0.2) is 4.79 Å². The summed E-state index contributed by atoms with van der Waals surface area (Å²) in [5.41, 5.74) is 1.38. The lowest BCUT2D eigenvalue weighted by Gasteiger charge is -2.49. The summed E-state index contributed by atoms with van der Waals surface area (Å²) in [6, 6.07) is -0.843. The minimum atomic E-state index is -1.28. The molecule has 2 aliphatic rings. The number of ether oxygens (including phenoxy) is 1. The molecule has 12 heteroatoms. The number of nitrogens with one attached hydrogen (secondary N) is 1. The van der Waals surface area contributed by atoms with Crippen LogP contribution in [0.5, 0.6) is 0 Å². The zero-order chi connectivity index (χ0) is 21.5. The Kier molecular flexibility index (Phi) is 5.90. The highest BCUT2D eigenvalue weighted by Crippen LogP contribution is 2.40. The maximum absolute atomic E-state index is 12.6. The van der Waals surface area contributed by atoms with Gasteiger partial charge in [0.25, 0.3) is 5.91 Å². The number of halogens is 1. The second-order valence-electron chi connectivity index (χ2n) is 6.64. The van der Waals surface area contributed by atoms with Crippen LogP contribution in [-0.4, -0.2) is 67.3 Å². The maximum Gasteiger partial charge on any atom is 0.352 e. The standard InChI is InChI=1S/C17H19ClN4O6S/c1-7-12(18)8(2)21(20-7)4-11(24)19-13-15(25)22-14(17(26)27)10(5-28-9(3)23)6-29-16(13)22/h13,16H,4-6H2,1-3H3,(H,19,24)(H,26,27). The van der Waals surface area contributed by atoms with Gasteiger partial charge in [0.2, 0.25) is 5.91 Å². The summed E-state index contributed by atoms with van der Waals surface area (Å²) >= 11 is 7.37. The molecule has 2 N–H and O–H groups in total. The Balaban J connectivity index is 1.70. The number of fused-ring (bicyclic) bond motifs is 1. The molecule has 1 aromatic rings. The van der Waals surface area contributed by atoms with Crippen LogP contribution in [-0.2, 0) is 30.5 Å². The average Bonchev–Trinajstić information content (AvgIpc) is 2.89. The second kappa shape index (κ2) is 8.07. The zero-order valence-corrected chi connectivity index (χ0v) is 17.5. The number of hydrogen-bond donors (Lipinski definition) is 2. The van der Waals surface area contributed by atoms with E-state index in [1.54, 1.807) is 13.8 Å². The number of β-lactam (4-membered cyclic amide) rings is 1. The number of thioether (sulfide) groups is 1. The summed E-state index contributed by atoms with van der Waals surface area (Å²) in [6.45, 7) is 4.37. The molecule has 2 aliphatic heterocycles. The Hall–Kier alpha value is -2.53. The van der Waals surface area contributed by atoms with Crippen LogP contribution in [0.1, 0.15) is 18.3 Å². The first-order chi connectivity index (χ1) is 13.6. The Morgan fingerprint density at radius 3 is 2.62 bits per heavy atom. The van der Waals surface area contributed by atoms with E-state index in [-0.39, 0.29) is 24.6 Å². The monoisotopic (exact) mass is 442 g/mol. The van der Waals surface area contributed by atoms with Crippen molar-refractivity contribution < 1.29 is 29.0 Å². The fraction of sp³-hybridized carbons (Fsp3) is 0.471. The molecule has 0 radical (unpaired) electrons. The van der Waals surface area contributed by atoms with Crippen LogP contribution >= 0.6 is 23.4 Å². The summed E-state index contributed by atoms with van der Waals surface area (Å²) in [5.74, 6) is -2.52. The minimum absolute atomic E-state index is 0.111. The number of nitrogens with zero attached hydrogens (tertiary/aromatic N) is 3. The highest BCUT2D eigenvalue weighted by atomic mass is 35.5. The van der Waals surface area contributed by atoms with Crippen LogP contribution in [0.25, 0.3) is 0 Å². The molecule has 0 spiro atoms. The third kappa shape index (κ3) is 3.97. The molecule has 0 saturated carbocycles. The van der Waals surface area contributed by atoms with Crippen LogP contribution in [0.4, 0.5) is 0 Å². The molecular weight excluding hydrogens is 424 g/mol. The van der Waals surface area contributed by atoms with E-state index < -0.39 is 35.2 Å². The van der Waals surface area contributed by atoms with Crippen molar-refractivity contribution in [2.75, 3.05) is 12.4 Å². The van der Waals surface area contributed by atoms with Crippen LogP contribution < -0.4 is 5.32 Å². The Morgan fingerprint density at radius 1 is 1.38 bits per heavy atom. The average molecular weight is 443 g/mol. The summed E-state index contributed by atoms with van der Waals surface area (Å²) < 4.78 is 6.33. The molecule has 1 fully saturated rings. The maximum atomic E-state index is 12.6. The number of hydrogen-bond acceptors (Lipinski definition) is 7. The molecule has 0 bridgehead atoms. The van der Waals surface area contributed by atoms with Gasteiger partial charge in [-0.3, -0.25) is 24.0 Å². The van der Waals surface area contributed by atoms with E-state index in [1.165, 1.54) is 23.4 Å². The first-order valence-corrected chi connectivity index (χ1v) is 10.1. The molecule has 3 rings (SSSR count). The SMILES string of the molecule is CC(=O)OCC1=C(C(=O)O)N2C(=O)C(NC(=O)Cn3nc(C)c(Cl)c3C)C2SC1. The van der Waals surface area contributed by atoms with Gasteiger partial charge in [-0.15, -0.1) is 11.8 Å². The van der Waals surface area contributed by atoms with Gasteiger partial charge < -0.3 is 15.2 Å². The molecular formula is C17H19ClN4O6S. The van der Waals surface area contributed by atoms with Crippen LogP contribution in [0.3, 0.4) is 0 Å². The lowest BCUT2D eigenvalue weighted by atomic mass is 10.0. The molecule has 10 nitrogen and oxygen atoms in total. The highest BCUT2D eigenvalue weighted by Gasteiger charge is 2.54. The number of aromatic nitrogens is 2. The predicted octanol–water partition coefficient (Wildman–Crippen LogP) is 0.455. The van der Waals surface area contributed by atoms with Gasteiger partial charge in [-0.1, -0.05) is 11.6 Å². The molecule has 29 heavy (non-hydrogen) atoms. The Bertz CT molecular complexity index is 943. The van der Waals surface area contributed by atoms with Gasteiger partial charge in [0.1, 0.15) is 30.3 Å². The van der Waals surface area contributed by atoms with Crippen LogP contribution in [0, 0.1) is 13.8 Å². The van der Waals surface area contributed by atoms with Gasteiger partial charge in [0.15, 0.2) is 0 Å². The first kappa shape index (κ1) is 21.2. The van der Waals surface area contributed by atoms with E-state index in [0.717, 1.165) is 4.90 Å². The molecule has 0 aromatic carbocycles. The van der Waals surface area contributed by atoms with Crippen molar-refractivity contribution in [1.29, 1.82) is 0 Å². The third-order valence-electron chi connectivity index (χ3n) is 4.60. The minimum Gasteiger partial charge on any atom is -0.477 e. The molecule has 3 heterocycles. The second-order valence-corrected chi connectivity index (χ2v) is 8.12. The number of aryl methyl sites for hydroxylation is 1. The largest absolute Gasteiger partial charge is 0.477 e. The van der Waals surface area contributed by atoms with Gasteiger partial charge in [0, 0.05) is 18.2 Å². The van der Waals surface area contributed by atoms with E-state index in [1.807, 2.05) is 0 Å². The molecule has 2 unspecified atom stereocenters. The molecule has 2 amide bonds. The van der Waals surface area contributed by atoms with Crippen molar-refractivity contribution >= 4 is 47.1 Å². The molecule has 0 aliphatic carbocycles. The van der Waals surface area contributed by atoms with Gasteiger partial charge in [-0.2, -0.15) is 5.10 Å². The molecule has 1 saturated heterocycles. The third-order valence-corrected chi connectivity index (χ3v) is 6.49. The van der Waals surface area contributed by atoms with E-state index >= 15 is 0 Å². The molecule has 2 atom stereocenters. The van der Waals surface area contributed by atoms with Gasteiger partial charge in [0.05, 0.1) is 16.4 Å². The summed E-state index contributed by atoms with van der Waals surface area (Å²) in [7, 11) is 0. The first-order valence-electron chi connectivity index (χ1n) is 8.64. The van der Waals surface area contributed by atoms with E-state index in [2.05, 4.69) is 10.4 Å². The summed E-state index contributed by atoms with van der Waals surface area (Å²) in [5, 5.41) is 16.3. The number of aliphatic carboxylic acids is 1. The lowest BCUT2D eigenvalue weighted by Crippen LogP contribution is -2.70. The number of carbonyl (C=O) groups is 4. The molecule has 156 valence electrons.